The van der Waals surface area contributed by atoms with Gasteiger partial charge in [-0.3, -0.25) is 24.0 Å². The minimum Gasteiger partial charge on any atom is -0.464 e. The van der Waals surface area contributed by atoms with Crippen LogP contribution in [-0.4, -0.2) is 71.0 Å². The summed E-state index contributed by atoms with van der Waals surface area (Å²) in [6.45, 7) is -0.0467. The molecule has 2 aromatic rings. The summed E-state index contributed by atoms with van der Waals surface area (Å²) in [6, 6.07) is 7.15. The first-order chi connectivity index (χ1) is 25.0. The Balaban J connectivity index is 1.13. The summed E-state index contributed by atoms with van der Waals surface area (Å²) in [5, 5.41) is 8.84. The number of fused-ring (bicyclic) bond motifs is 3. The fourth-order valence-electron chi connectivity index (χ4n) is 8.08. The summed E-state index contributed by atoms with van der Waals surface area (Å²) in [6.07, 6.45) is 8.17. The number of carbonyl (C=O) groups is 4. The van der Waals surface area contributed by atoms with E-state index in [0.717, 1.165) is 25.7 Å². The number of aryl methyl sites for hydroxylation is 1. The molecule has 5 aliphatic rings. The van der Waals surface area contributed by atoms with Gasteiger partial charge in [0.25, 0.3) is 0 Å². The average Bonchev–Trinajstić information content (AvgIpc) is 3.91. The molecule has 0 radical (unpaired) electrons. The Kier molecular flexibility index (Phi) is 10.3. The number of allylic oxidation sites excluding steroid dienone is 2. The van der Waals surface area contributed by atoms with Gasteiger partial charge in [0.2, 0.25) is 21.8 Å². The van der Waals surface area contributed by atoms with E-state index in [1.807, 2.05) is 12.2 Å². The number of rotatable bonds is 8. The number of carbonyl (C=O) groups excluding carboxylic acids is 4. The van der Waals surface area contributed by atoms with Crippen LogP contribution >= 0.6 is 0 Å². The Bertz CT molecular complexity index is 1860. The molecule has 1 aromatic carbocycles. The minimum absolute atomic E-state index is 0.0226. The number of benzene rings is 1. The Labute approximate surface area is 302 Å². The van der Waals surface area contributed by atoms with Crippen molar-refractivity contribution < 1.29 is 46.2 Å². The monoisotopic (exact) mass is 739 g/mol. The number of Topliss-reactive ketones (excluding diaryl/α,β-unsaturated/α-hetero) is 1. The molecule has 3 fully saturated rings. The van der Waals surface area contributed by atoms with Gasteiger partial charge >= 0.3 is 6.09 Å². The Morgan fingerprint density at radius 1 is 1.06 bits per heavy atom. The average molecular weight is 740 g/mol. The van der Waals surface area contributed by atoms with E-state index < -0.39 is 56.6 Å². The number of aliphatic hydroxyl groups is 1. The molecule has 5 atom stereocenters. The fourth-order valence-corrected chi connectivity index (χ4v) is 9.47. The first-order valence-corrected chi connectivity index (χ1v) is 20.0. The van der Waals surface area contributed by atoms with Gasteiger partial charge < -0.3 is 19.2 Å². The summed E-state index contributed by atoms with van der Waals surface area (Å²) < 4.78 is 53.9. The molecular formula is C38H46FN3O9S. The number of nitrogens with one attached hydrogen (secondary N) is 1. The molecule has 2 aliphatic carbocycles. The largest absolute Gasteiger partial charge is 0.464 e. The predicted octanol–water partition coefficient (Wildman–Crippen LogP) is 4.68. The number of halogens is 1. The van der Waals surface area contributed by atoms with E-state index in [1.165, 1.54) is 15.9 Å². The number of aliphatic hydroxyl groups excluding tert-OH is 1. The van der Waals surface area contributed by atoms with Crippen molar-refractivity contribution in [1.82, 2.24) is 14.5 Å². The second-order valence-corrected chi connectivity index (χ2v) is 17.1. The molecule has 0 bridgehead atoms. The fraction of sp³-hybridized carbons (Fsp3) is 0.579. The van der Waals surface area contributed by atoms with Crippen LogP contribution in [0.3, 0.4) is 0 Å². The van der Waals surface area contributed by atoms with Crippen LogP contribution in [0.5, 0.6) is 0 Å². The van der Waals surface area contributed by atoms with Gasteiger partial charge in [0.15, 0.2) is 5.78 Å². The summed E-state index contributed by atoms with van der Waals surface area (Å²) in [5.41, 5.74) is -0.143. The van der Waals surface area contributed by atoms with Gasteiger partial charge in [0, 0.05) is 37.3 Å². The number of hydrogen-bond donors (Lipinski definition) is 2. The van der Waals surface area contributed by atoms with Crippen molar-refractivity contribution in [3.8, 4) is 0 Å². The quantitative estimate of drug-likeness (QED) is 0.366. The summed E-state index contributed by atoms with van der Waals surface area (Å²) in [7, 11) is -3.85. The van der Waals surface area contributed by atoms with Crippen molar-refractivity contribution >= 4 is 33.7 Å². The lowest BCUT2D eigenvalue weighted by molar-refractivity contribution is -0.142. The number of ether oxygens (including phenoxy) is 1. The molecule has 0 unspecified atom stereocenters. The van der Waals surface area contributed by atoms with E-state index in [1.54, 1.807) is 24.3 Å². The number of ketones is 1. The highest BCUT2D eigenvalue weighted by atomic mass is 32.2. The number of hydrogen-bond acceptors (Lipinski definition) is 9. The SMILES string of the molecule is O=C1C[C@]2(C(=O)NS(=O)(=O)C3CC3)C[C@H]2/C=C\CCCCC[C@H](CCc2ccc(CO)o2)C(=O)N2C[C@H](OC(=O)N3Cc4cccc(F)c4C3)C[C@@H]12. The molecular weight excluding hydrogens is 693 g/mol. The van der Waals surface area contributed by atoms with Crippen LogP contribution in [0, 0.1) is 23.1 Å². The van der Waals surface area contributed by atoms with E-state index in [4.69, 9.17) is 9.15 Å². The Hall–Kier alpha value is -4.04. The maximum absolute atomic E-state index is 14.5. The maximum Gasteiger partial charge on any atom is 0.410 e. The lowest BCUT2D eigenvalue weighted by Crippen LogP contribution is -2.46. The molecule has 14 heteroatoms. The molecule has 1 saturated heterocycles. The second-order valence-electron chi connectivity index (χ2n) is 15.1. The van der Waals surface area contributed by atoms with Crippen molar-refractivity contribution in [1.29, 1.82) is 0 Å². The lowest BCUT2D eigenvalue weighted by Gasteiger charge is -2.29. The zero-order valence-corrected chi connectivity index (χ0v) is 30.0. The molecule has 4 heterocycles. The van der Waals surface area contributed by atoms with Crippen LogP contribution in [0.1, 0.15) is 93.3 Å². The third kappa shape index (κ3) is 7.68. The van der Waals surface area contributed by atoms with Crippen molar-refractivity contribution in [2.24, 2.45) is 17.3 Å². The van der Waals surface area contributed by atoms with Crippen LogP contribution < -0.4 is 4.72 Å². The van der Waals surface area contributed by atoms with E-state index in [0.29, 0.717) is 61.2 Å². The number of furan rings is 1. The zero-order valence-electron chi connectivity index (χ0n) is 29.1. The molecule has 2 saturated carbocycles. The Morgan fingerprint density at radius 2 is 1.87 bits per heavy atom. The summed E-state index contributed by atoms with van der Waals surface area (Å²) in [4.78, 5) is 58.8. The van der Waals surface area contributed by atoms with Crippen LogP contribution in [0.2, 0.25) is 0 Å². The van der Waals surface area contributed by atoms with Crippen LogP contribution in [0.25, 0.3) is 0 Å². The molecule has 12 nitrogen and oxygen atoms in total. The molecule has 52 heavy (non-hydrogen) atoms. The number of amides is 3. The third-order valence-electron chi connectivity index (χ3n) is 11.4. The van der Waals surface area contributed by atoms with Gasteiger partial charge in [0.1, 0.15) is 30.0 Å². The first kappa shape index (κ1) is 36.3. The van der Waals surface area contributed by atoms with Crippen molar-refractivity contribution in [3.05, 3.63) is 70.9 Å². The van der Waals surface area contributed by atoms with E-state index >= 15 is 0 Å². The van der Waals surface area contributed by atoms with Gasteiger partial charge in [-0.25, -0.2) is 17.6 Å². The first-order valence-electron chi connectivity index (χ1n) is 18.4. The molecule has 2 N–H and O–H groups in total. The highest BCUT2D eigenvalue weighted by molar-refractivity contribution is 7.90. The third-order valence-corrected chi connectivity index (χ3v) is 13.2. The topological polar surface area (TPSA) is 164 Å². The molecule has 3 amide bonds. The summed E-state index contributed by atoms with van der Waals surface area (Å²) >= 11 is 0. The highest BCUT2D eigenvalue weighted by Crippen LogP contribution is 2.57. The molecule has 7 rings (SSSR count). The van der Waals surface area contributed by atoms with Crippen molar-refractivity contribution in [2.75, 3.05) is 6.54 Å². The van der Waals surface area contributed by atoms with Gasteiger partial charge in [0.05, 0.1) is 29.8 Å². The van der Waals surface area contributed by atoms with Crippen LogP contribution in [0.4, 0.5) is 9.18 Å². The predicted molar refractivity (Wildman–Crippen MR) is 185 cm³/mol. The number of sulfonamides is 1. The van der Waals surface area contributed by atoms with E-state index in [-0.39, 0.29) is 56.7 Å². The van der Waals surface area contributed by atoms with Gasteiger partial charge in [-0.2, -0.15) is 0 Å². The number of nitrogens with zero attached hydrogens (tertiary/aromatic N) is 2. The van der Waals surface area contributed by atoms with Crippen molar-refractivity contribution in [3.63, 3.8) is 0 Å². The van der Waals surface area contributed by atoms with Crippen LogP contribution in [-0.2, 0) is 55.3 Å². The van der Waals surface area contributed by atoms with E-state index in [9.17, 15) is 37.1 Å². The molecule has 1 aromatic heterocycles. The minimum atomic E-state index is -3.85. The Morgan fingerprint density at radius 3 is 2.62 bits per heavy atom. The van der Waals surface area contributed by atoms with Crippen LogP contribution in [0.15, 0.2) is 46.9 Å². The highest BCUT2D eigenvalue weighted by Gasteiger charge is 2.61. The maximum atomic E-state index is 14.5. The van der Waals surface area contributed by atoms with Gasteiger partial charge in [-0.1, -0.05) is 37.1 Å². The normalized spacial score (nSPS) is 28.7. The second kappa shape index (κ2) is 14.8. The van der Waals surface area contributed by atoms with Crippen molar-refractivity contribution in [2.45, 2.75) is 114 Å². The molecule has 0 spiro atoms. The van der Waals surface area contributed by atoms with Gasteiger partial charge in [-0.05, 0) is 74.6 Å². The van der Waals surface area contributed by atoms with Gasteiger partial charge in [-0.15, -0.1) is 0 Å². The molecule has 280 valence electrons. The standard InChI is InChI=1S/C38H46FN3O9S/c39-32-10-6-8-25-20-41(22-31(25)32)37(47)51-29-17-33-34(44)19-38(36(46)40-52(48,49)30-15-16-30)18-26(38)9-5-3-1-2-4-7-24(35(45)42(33)21-29)11-12-27-13-14-28(23-43)50-27/h5-6,8-10,13-14,24,26,29-30,33,43H,1-4,7,11-12,15-23H2,(H,40,46)/b9-5-/t24-,26-,29-,33+,38-/m1/s1. The summed E-state index contributed by atoms with van der Waals surface area (Å²) in [5.74, 6) is -1.46. The smallest absolute Gasteiger partial charge is 0.410 e. The lowest BCUT2D eigenvalue weighted by atomic mass is 9.90. The molecule has 3 aliphatic heterocycles. The zero-order chi connectivity index (χ0) is 36.6. The van der Waals surface area contributed by atoms with E-state index in [2.05, 4.69) is 4.72 Å².